The second kappa shape index (κ2) is 7.20. The number of likely N-dealkylation sites (N-methyl/N-ethyl adjacent to an activating group) is 1. The van der Waals surface area contributed by atoms with Crippen molar-refractivity contribution in [1.29, 1.82) is 0 Å². The molecule has 0 aliphatic heterocycles. The van der Waals surface area contributed by atoms with Crippen LogP contribution in [0.25, 0.3) is 0 Å². The van der Waals surface area contributed by atoms with Gasteiger partial charge in [-0.05, 0) is 55.3 Å². The summed E-state index contributed by atoms with van der Waals surface area (Å²) in [5, 5.41) is 3.31. The highest BCUT2D eigenvalue weighted by atomic mass is 19.1. The zero-order valence-electron chi connectivity index (χ0n) is 11.5. The lowest BCUT2D eigenvalue weighted by atomic mass is 10.0. The third kappa shape index (κ3) is 4.17. The average molecular weight is 279 g/mol. The largest absolute Gasteiger partial charge is 0.469 e. The normalized spacial score (nSPS) is 12.6. The molecule has 0 fully saturated rings. The number of rotatable bonds is 7. The zero-order chi connectivity index (χ0) is 14.4. The van der Waals surface area contributed by atoms with Crippen LogP contribution in [0.15, 0.2) is 41.0 Å². The molecule has 0 saturated heterocycles. The molecule has 1 heterocycles. The van der Waals surface area contributed by atoms with Crippen LogP contribution in [0.4, 0.5) is 8.78 Å². The molecule has 1 aromatic heterocycles. The topological polar surface area (TPSA) is 25.2 Å². The molecular formula is C16H19F2NO. The minimum atomic E-state index is -0.400. The van der Waals surface area contributed by atoms with Crippen LogP contribution in [-0.4, -0.2) is 12.6 Å². The van der Waals surface area contributed by atoms with Crippen LogP contribution in [0.2, 0.25) is 0 Å². The van der Waals surface area contributed by atoms with E-state index in [0.717, 1.165) is 31.2 Å². The minimum absolute atomic E-state index is 0.0985. The highest BCUT2D eigenvalue weighted by molar-refractivity contribution is 5.20. The van der Waals surface area contributed by atoms with Gasteiger partial charge in [0.25, 0.3) is 0 Å². The maximum Gasteiger partial charge on any atom is 0.126 e. The third-order valence-corrected chi connectivity index (χ3v) is 3.29. The molecule has 0 aliphatic rings. The van der Waals surface area contributed by atoms with Crippen molar-refractivity contribution in [3.8, 4) is 0 Å². The van der Waals surface area contributed by atoms with Gasteiger partial charge >= 0.3 is 0 Å². The Morgan fingerprint density at radius 3 is 2.80 bits per heavy atom. The van der Waals surface area contributed by atoms with Gasteiger partial charge < -0.3 is 9.73 Å². The molecule has 0 saturated carbocycles. The molecule has 1 atom stereocenters. The molecule has 20 heavy (non-hydrogen) atoms. The van der Waals surface area contributed by atoms with Gasteiger partial charge in [0.15, 0.2) is 0 Å². The van der Waals surface area contributed by atoms with E-state index < -0.39 is 5.82 Å². The molecule has 0 bridgehead atoms. The predicted molar refractivity (Wildman–Crippen MR) is 74.6 cm³/mol. The summed E-state index contributed by atoms with van der Waals surface area (Å²) in [5.74, 6) is 0.155. The first-order valence-electron chi connectivity index (χ1n) is 6.88. The monoisotopic (exact) mass is 279 g/mol. The van der Waals surface area contributed by atoms with Crippen molar-refractivity contribution < 1.29 is 13.2 Å². The third-order valence-electron chi connectivity index (χ3n) is 3.29. The van der Waals surface area contributed by atoms with E-state index in [-0.39, 0.29) is 11.9 Å². The van der Waals surface area contributed by atoms with Crippen molar-refractivity contribution in [1.82, 2.24) is 5.32 Å². The predicted octanol–water partition coefficient (Wildman–Crippen LogP) is 3.71. The summed E-state index contributed by atoms with van der Waals surface area (Å²) < 4.78 is 32.2. The summed E-state index contributed by atoms with van der Waals surface area (Å²) in [6, 6.07) is 7.47. The summed E-state index contributed by atoms with van der Waals surface area (Å²) in [5.41, 5.74) is 0.412. The van der Waals surface area contributed by atoms with Gasteiger partial charge in [0.2, 0.25) is 0 Å². The summed E-state index contributed by atoms with van der Waals surface area (Å²) in [7, 11) is 0. The average Bonchev–Trinajstić information content (AvgIpc) is 2.93. The molecular weight excluding hydrogens is 260 g/mol. The molecule has 1 aromatic carbocycles. The van der Waals surface area contributed by atoms with Crippen LogP contribution < -0.4 is 5.32 Å². The van der Waals surface area contributed by atoms with Gasteiger partial charge in [0.1, 0.15) is 17.4 Å². The molecule has 2 nitrogen and oxygen atoms in total. The Morgan fingerprint density at radius 1 is 1.25 bits per heavy atom. The second-order valence-corrected chi connectivity index (χ2v) is 4.81. The Labute approximate surface area is 117 Å². The van der Waals surface area contributed by atoms with Crippen LogP contribution in [0, 0.1) is 11.6 Å². The van der Waals surface area contributed by atoms with E-state index in [1.807, 2.05) is 19.1 Å². The van der Waals surface area contributed by atoms with E-state index in [1.165, 1.54) is 12.1 Å². The van der Waals surface area contributed by atoms with Gasteiger partial charge in [-0.1, -0.05) is 6.92 Å². The zero-order valence-corrected chi connectivity index (χ0v) is 11.5. The van der Waals surface area contributed by atoms with E-state index >= 15 is 0 Å². The maximum absolute atomic E-state index is 13.7. The standard InChI is InChI=1S/C16H19F2NO/c1-2-19-14(6-7-15-4-3-9-20-15)11-12-10-13(17)5-8-16(12)18/h3-5,8-10,14,19H,2,6-7,11H2,1H3. The van der Waals surface area contributed by atoms with E-state index in [0.29, 0.717) is 12.0 Å². The van der Waals surface area contributed by atoms with Crippen LogP contribution in [0.5, 0.6) is 0 Å². The molecule has 0 spiro atoms. The molecule has 1 N–H and O–H groups in total. The van der Waals surface area contributed by atoms with Gasteiger partial charge in [-0.25, -0.2) is 8.78 Å². The molecule has 2 aromatic rings. The van der Waals surface area contributed by atoms with Gasteiger partial charge in [-0.15, -0.1) is 0 Å². The Morgan fingerprint density at radius 2 is 2.10 bits per heavy atom. The lowest BCUT2D eigenvalue weighted by molar-refractivity contribution is 0.442. The van der Waals surface area contributed by atoms with Crippen LogP contribution in [-0.2, 0) is 12.8 Å². The Bertz CT molecular complexity index is 525. The van der Waals surface area contributed by atoms with E-state index in [9.17, 15) is 8.78 Å². The number of hydrogen-bond acceptors (Lipinski definition) is 2. The smallest absolute Gasteiger partial charge is 0.126 e. The highest BCUT2D eigenvalue weighted by Gasteiger charge is 2.13. The van der Waals surface area contributed by atoms with E-state index in [4.69, 9.17) is 4.42 Å². The fourth-order valence-electron chi connectivity index (χ4n) is 2.30. The van der Waals surface area contributed by atoms with E-state index in [2.05, 4.69) is 5.32 Å². The van der Waals surface area contributed by atoms with E-state index in [1.54, 1.807) is 6.26 Å². The highest BCUT2D eigenvalue weighted by Crippen LogP contribution is 2.15. The summed E-state index contributed by atoms with van der Waals surface area (Å²) in [6.07, 6.45) is 3.71. The minimum Gasteiger partial charge on any atom is -0.469 e. The summed E-state index contributed by atoms with van der Waals surface area (Å²) in [4.78, 5) is 0. The molecule has 4 heteroatoms. The number of halogens is 2. The first-order valence-corrected chi connectivity index (χ1v) is 6.88. The van der Waals surface area contributed by atoms with Gasteiger partial charge in [-0.3, -0.25) is 0 Å². The lowest BCUT2D eigenvalue weighted by Gasteiger charge is -2.18. The van der Waals surface area contributed by atoms with Gasteiger partial charge in [0, 0.05) is 12.5 Å². The Hall–Kier alpha value is -1.68. The molecule has 2 rings (SSSR count). The number of furan rings is 1. The molecule has 0 radical (unpaired) electrons. The fraction of sp³-hybridized carbons (Fsp3) is 0.375. The molecule has 0 aliphatic carbocycles. The van der Waals surface area contributed by atoms with Crippen molar-refractivity contribution in [3.05, 3.63) is 59.6 Å². The van der Waals surface area contributed by atoms with Crippen molar-refractivity contribution in [2.24, 2.45) is 0 Å². The van der Waals surface area contributed by atoms with Crippen molar-refractivity contribution in [3.63, 3.8) is 0 Å². The number of nitrogens with one attached hydrogen (secondary N) is 1. The number of benzene rings is 1. The first kappa shape index (κ1) is 14.7. The summed E-state index contributed by atoms with van der Waals surface area (Å²) in [6.45, 7) is 2.79. The van der Waals surface area contributed by atoms with Crippen molar-refractivity contribution in [2.45, 2.75) is 32.2 Å². The van der Waals surface area contributed by atoms with Crippen molar-refractivity contribution >= 4 is 0 Å². The lowest BCUT2D eigenvalue weighted by Crippen LogP contribution is -2.31. The van der Waals surface area contributed by atoms with Gasteiger partial charge in [0.05, 0.1) is 6.26 Å². The number of hydrogen-bond donors (Lipinski definition) is 1. The first-order chi connectivity index (χ1) is 9.69. The van der Waals surface area contributed by atoms with Crippen LogP contribution >= 0.6 is 0 Å². The van der Waals surface area contributed by atoms with Gasteiger partial charge in [-0.2, -0.15) is 0 Å². The quantitative estimate of drug-likeness (QED) is 0.835. The fourth-order valence-corrected chi connectivity index (χ4v) is 2.30. The Kier molecular flexibility index (Phi) is 5.30. The molecule has 108 valence electrons. The summed E-state index contributed by atoms with van der Waals surface area (Å²) >= 11 is 0. The van der Waals surface area contributed by atoms with Crippen molar-refractivity contribution in [2.75, 3.05) is 6.54 Å². The Balaban J connectivity index is 1.99. The number of aryl methyl sites for hydroxylation is 1. The maximum atomic E-state index is 13.7. The second-order valence-electron chi connectivity index (χ2n) is 4.81. The SMILES string of the molecule is CCNC(CCc1ccco1)Cc1cc(F)ccc1F. The molecule has 1 unspecified atom stereocenters. The molecule has 0 amide bonds. The van der Waals surface area contributed by atoms with Crippen LogP contribution in [0.3, 0.4) is 0 Å². The van der Waals surface area contributed by atoms with Crippen LogP contribution in [0.1, 0.15) is 24.7 Å².